The first-order chi connectivity index (χ1) is 9.60. The van der Waals surface area contributed by atoms with Gasteiger partial charge in [0.15, 0.2) is 0 Å². The molecule has 2 N–H and O–H groups in total. The highest BCUT2D eigenvalue weighted by atomic mass is 19.1. The monoisotopic (exact) mass is 274 g/mol. The number of hydrogen-bond donors (Lipinski definition) is 2. The number of aliphatic hydroxyl groups is 1. The molecule has 0 aliphatic heterocycles. The van der Waals surface area contributed by atoms with Crippen molar-refractivity contribution in [3.8, 4) is 6.07 Å². The van der Waals surface area contributed by atoms with E-state index in [0.29, 0.717) is 11.3 Å². The van der Waals surface area contributed by atoms with E-state index in [1.165, 1.54) is 30.3 Å². The van der Waals surface area contributed by atoms with E-state index in [9.17, 15) is 13.9 Å². The van der Waals surface area contributed by atoms with Crippen molar-refractivity contribution < 1.29 is 13.9 Å². The first-order valence-corrected chi connectivity index (χ1v) is 5.97. The molecule has 0 aliphatic rings. The molecule has 0 spiro atoms. The Morgan fingerprint density at radius 1 is 1.15 bits per heavy atom. The van der Waals surface area contributed by atoms with E-state index in [0.717, 1.165) is 6.07 Å². The average molecular weight is 274 g/mol. The lowest BCUT2D eigenvalue weighted by Crippen LogP contribution is -2.13. The first-order valence-electron chi connectivity index (χ1n) is 5.97. The van der Waals surface area contributed by atoms with Crippen LogP contribution in [0.5, 0.6) is 0 Å². The summed E-state index contributed by atoms with van der Waals surface area (Å²) in [4.78, 5) is 0. The number of halogens is 2. The molecule has 102 valence electrons. The Morgan fingerprint density at radius 3 is 2.60 bits per heavy atom. The van der Waals surface area contributed by atoms with Crippen molar-refractivity contribution in [1.29, 1.82) is 5.26 Å². The number of nitriles is 1. The molecular formula is C15H12F2N2O. The summed E-state index contributed by atoms with van der Waals surface area (Å²) in [5.41, 5.74) is 0.999. The summed E-state index contributed by atoms with van der Waals surface area (Å²) in [6.45, 7) is 0.0871. The number of anilines is 1. The van der Waals surface area contributed by atoms with E-state index in [-0.39, 0.29) is 12.1 Å². The third kappa shape index (κ3) is 3.31. The molecule has 0 radical (unpaired) electrons. The molecule has 2 rings (SSSR count). The van der Waals surface area contributed by atoms with Crippen LogP contribution in [0.1, 0.15) is 17.2 Å². The fraction of sp³-hybridized carbons (Fsp3) is 0.133. The van der Waals surface area contributed by atoms with Crippen LogP contribution in [0.15, 0.2) is 42.5 Å². The van der Waals surface area contributed by atoms with Gasteiger partial charge in [-0.2, -0.15) is 5.26 Å². The molecule has 0 heterocycles. The van der Waals surface area contributed by atoms with Gasteiger partial charge in [-0.15, -0.1) is 0 Å². The average Bonchev–Trinajstić information content (AvgIpc) is 2.45. The van der Waals surface area contributed by atoms with Crippen LogP contribution in [-0.4, -0.2) is 11.7 Å². The van der Waals surface area contributed by atoms with E-state index >= 15 is 0 Å². The van der Waals surface area contributed by atoms with Crippen LogP contribution in [0, 0.1) is 23.0 Å². The predicted molar refractivity (Wildman–Crippen MR) is 71.0 cm³/mol. The van der Waals surface area contributed by atoms with Crippen molar-refractivity contribution in [3.63, 3.8) is 0 Å². The maximum Gasteiger partial charge on any atom is 0.124 e. The Labute approximate surface area is 115 Å². The Bertz CT molecular complexity index is 653. The van der Waals surface area contributed by atoms with Gasteiger partial charge in [-0.05, 0) is 35.9 Å². The van der Waals surface area contributed by atoms with Crippen LogP contribution in [0.3, 0.4) is 0 Å². The highest BCUT2D eigenvalue weighted by molar-refractivity contribution is 5.57. The lowest BCUT2D eigenvalue weighted by atomic mass is 10.1. The zero-order chi connectivity index (χ0) is 14.5. The number of hydrogen-bond acceptors (Lipinski definition) is 3. The fourth-order valence-electron chi connectivity index (χ4n) is 1.80. The Hall–Kier alpha value is -2.45. The van der Waals surface area contributed by atoms with Gasteiger partial charge in [0.2, 0.25) is 0 Å². The quantitative estimate of drug-likeness (QED) is 0.901. The molecule has 5 heteroatoms. The molecule has 1 atom stereocenters. The van der Waals surface area contributed by atoms with E-state index in [2.05, 4.69) is 5.32 Å². The summed E-state index contributed by atoms with van der Waals surface area (Å²) >= 11 is 0. The van der Waals surface area contributed by atoms with Crippen molar-refractivity contribution in [2.24, 2.45) is 0 Å². The molecule has 0 saturated heterocycles. The summed E-state index contributed by atoms with van der Waals surface area (Å²) in [6, 6.07) is 11.3. The molecule has 0 bridgehead atoms. The minimum Gasteiger partial charge on any atom is -0.387 e. The molecule has 2 aromatic rings. The highest BCUT2D eigenvalue weighted by Gasteiger charge is 2.10. The maximum absolute atomic E-state index is 13.0. The molecule has 2 aromatic carbocycles. The van der Waals surface area contributed by atoms with Gasteiger partial charge < -0.3 is 10.4 Å². The predicted octanol–water partition coefficient (Wildman–Crippen LogP) is 2.98. The second kappa shape index (κ2) is 6.13. The third-order valence-electron chi connectivity index (χ3n) is 2.82. The molecule has 0 aromatic heterocycles. The standard InChI is InChI=1S/C15H12F2N2O/c16-12-3-1-2-10(6-12)15(20)9-19-14-5-4-13(17)7-11(14)8-18/h1-7,15,19-20H,9H2/t15-/m1/s1. The van der Waals surface area contributed by atoms with Gasteiger partial charge in [-0.3, -0.25) is 0 Å². The summed E-state index contributed by atoms with van der Waals surface area (Å²) < 4.78 is 26.0. The molecule has 0 saturated carbocycles. The number of nitrogens with one attached hydrogen (secondary N) is 1. The van der Waals surface area contributed by atoms with Crippen LogP contribution in [-0.2, 0) is 0 Å². The Morgan fingerprint density at radius 2 is 1.90 bits per heavy atom. The minimum atomic E-state index is -0.928. The smallest absolute Gasteiger partial charge is 0.124 e. The summed E-state index contributed by atoms with van der Waals surface area (Å²) in [6.07, 6.45) is -0.928. The van der Waals surface area contributed by atoms with E-state index in [1.807, 2.05) is 6.07 Å². The normalized spacial score (nSPS) is 11.7. The Kier molecular flexibility index (Phi) is 4.28. The fourth-order valence-corrected chi connectivity index (χ4v) is 1.80. The lowest BCUT2D eigenvalue weighted by Gasteiger charge is -2.14. The SMILES string of the molecule is N#Cc1cc(F)ccc1NC[C@@H](O)c1cccc(F)c1. The lowest BCUT2D eigenvalue weighted by molar-refractivity contribution is 0.191. The number of rotatable bonds is 4. The molecule has 0 aliphatic carbocycles. The van der Waals surface area contributed by atoms with Gasteiger partial charge in [-0.1, -0.05) is 12.1 Å². The van der Waals surface area contributed by atoms with Crippen molar-refractivity contribution >= 4 is 5.69 Å². The zero-order valence-corrected chi connectivity index (χ0v) is 10.5. The topological polar surface area (TPSA) is 56.0 Å². The third-order valence-corrected chi connectivity index (χ3v) is 2.82. The molecule has 0 amide bonds. The molecule has 0 fully saturated rings. The van der Waals surface area contributed by atoms with E-state index < -0.39 is 17.7 Å². The summed E-state index contributed by atoms with van der Waals surface area (Å²) in [5.74, 6) is -0.932. The maximum atomic E-state index is 13.0. The van der Waals surface area contributed by atoms with Crippen LogP contribution in [0.4, 0.5) is 14.5 Å². The zero-order valence-electron chi connectivity index (χ0n) is 10.5. The van der Waals surface area contributed by atoms with Crippen molar-refractivity contribution in [2.75, 3.05) is 11.9 Å². The van der Waals surface area contributed by atoms with Crippen molar-refractivity contribution in [3.05, 3.63) is 65.2 Å². The van der Waals surface area contributed by atoms with E-state index in [1.54, 1.807) is 6.07 Å². The van der Waals surface area contributed by atoms with Gasteiger partial charge in [0, 0.05) is 6.54 Å². The second-order valence-corrected chi connectivity index (χ2v) is 4.25. The van der Waals surface area contributed by atoms with Gasteiger partial charge >= 0.3 is 0 Å². The molecular weight excluding hydrogens is 262 g/mol. The number of aliphatic hydroxyl groups excluding tert-OH is 1. The highest BCUT2D eigenvalue weighted by Crippen LogP contribution is 2.19. The number of benzene rings is 2. The van der Waals surface area contributed by atoms with Crippen molar-refractivity contribution in [2.45, 2.75) is 6.10 Å². The van der Waals surface area contributed by atoms with Crippen molar-refractivity contribution in [1.82, 2.24) is 0 Å². The first kappa shape index (κ1) is 14.0. The summed E-state index contributed by atoms with van der Waals surface area (Å²) in [7, 11) is 0. The second-order valence-electron chi connectivity index (χ2n) is 4.25. The van der Waals surface area contributed by atoms with Crippen LogP contribution < -0.4 is 5.32 Å². The minimum absolute atomic E-state index is 0.0871. The Balaban J connectivity index is 2.07. The van der Waals surface area contributed by atoms with Gasteiger partial charge in [0.25, 0.3) is 0 Å². The van der Waals surface area contributed by atoms with E-state index in [4.69, 9.17) is 5.26 Å². The molecule has 3 nitrogen and oxygen atoms in total. The largest absolute Gasteiger partial charge is 0.387 e. The number of nitrogens with zero attached hydrogens (tertiary/aromatic N) is 1. The van der Waals surface area contributed by atoms with Gasteiger partial charge in [0.1, 0.15) is 17.7 Å². The van der Waals surface area contributed by atoms with Crippen LogP contribution >= 0.6 is 0 Å². The summed E-state index contributed by atoms with van der Waals surface area (Å²) in [5, 5.41) is 21.7. The van der Waals surface area contributed by atoms with Gasteiger partial charge in [0.05, 0.1) is 17.4 Å². The van der Waals surface area contributed by atoms with Crippen LogP contribution in [0.2, 0.25) is 0 Å². The van der Waals surface area contributed by atoms with Crippen LogP contribution in [0.25, 0.3) is 0 Å². The molecule has 20 heavy (non-hydrogen) atoms. The molecule has 0 unspecified atom stereocenters. The van der Waals surface area contributed by atoms with Gasteiger partial charge in [-0.25, -0.2) is 8.78 Å².